The number of hydrogen-bond acceptors (Lipinski definition) is 27. The zero-order chi connectivity index (χ0) is 70.6. The van der Waals surface area contributed by atoms with Gasteiger partial charge in [0.05, 0.1) is 102 Å². The molecule has 6 aromatic rings. The van der Waals surface area contributed by atoms with Crippen LogP contribution in [0, 0.1) is 27.7 Å². The molecule has 0 saturated heterocycles. The van der Waals surface area contributed by atoms with Crippen LogP contribution < -0.4 is 39.1 Å². The molecule has 33 nitrogen and oxygen atoms in total. The number of carbonyl (C=O) groups excluding carboxylic acids is 1. The Bertz CT molecular complexity index is 4520. The number of ether oxygens (including phenoxy) is 6. The summed E-state index contributed by atoms with van der Waals surface area (Å²) in [6, 6.07) is 19.0. The molecular weight excluding hydrogens is 1390 g/mol. The van der Waals surface area contributed by atoms with Gasteiger partial charge < -0.3 is 43.6 Å². The van der Waals surface area contributed by atoms with Crippen molar-refractivity contribution in [1.82, 2.24) is 0 Å². The van der Waals surface area contributed by atoms with Gasteiger partial charge in [-0.3, -0.25) is 22.8 Å². The fourth-order valence-electron chi connectivity index (χ4n) is 8.25. The van der Waals surface area contributed by atoms with Crippen LogP contribution in [-0.2, 0) is 50.6 Å². The molecule has 8 N–H and O–H groups in total. The highest BCUT2D eigenvalue weighted by Crippen LogP contribution is 2.43. The standard InChI is InChI=1S/C57H68N10O23S6/c1-7-85-55-33-45(62-60-41-15-13-39(91-69)29-51(41)87-17-9-21-92(70,71)72)37(5)27-49(55)66-64-43-31-53(89-19-11-23-94(76,77)78)47(25-35(43)3)58-57(68)59-48-26-36(4)44(32-54(48)90-20-12-24-95(79,80)81)65-67-50-28-38(6)46(34-56(50)86-8-2)63-61-42-16-14-40(96(82,83)84)30-52(42)88-18-10-22-93(73,74)75/h13-16,25-34,69H,7-12,17-24H2,1-6H3,(H2,58,59,68)(H,70,71,72)(H,73,74,75)(H,76,77,78)(H,79,80,81)(H,82,83,84)/b62-60?,63-61+,66-64?,67-65?. The van der Waals surface area contributed by atoms with Crippen LogP contribution in [0.15, 0.2) is 136 Å². The molecule has 520 valence electrons. The summed E-state index contributed by atoms with van der Waals surface area (Å²) in [6.07, 6.45) is -0.572. The fraction of sp³-hybridized carbons (Fsp3) is 0.351. The van der Waals surface area contributed by atoms with E-state index in [0.717, 1.165) is 12.1 Å². The van der Waals surface area contributed by atoms with Gasteiger partial charge in [0, 0.05) is 47.3 Å². The van der Waals surface area contributed by atoms with E-state index in [1.54, 1.807) is 65.8 Å². The van der Waals surface area contributed by atoms with Crippen molar-refractivity contribution in [2.75, 3.05) is 73.3 Å². The van der Waals surface area contributed by atoms with Gasteiger partial charge in [-0.25, -0.2) is 4.79 Å². The molecule has 0 radical (unpaired) electrons. The number of rotatable bonds is 36. The number of azo groups is 4. The highest BCUT2D eigenvalue weighted by atomic mass is 32.2. The van der Waals surface area contributed by atoms with Crippen LogP contribution in [0.3, 0.4) is 0 Å². The maximum atomic E-state index is 14.1. The number of amides is 2. The van der Waals surface area contributed by atoms with Crippen molar-refractivity contribution in [1.29, 1.82) is 0 Å². The van der Waals surface area contributed by atoms with Gasteiger partial charge in [-0.05, 0) is 144 Å². The molecule has 96 heavy (non-hydrogen) atoms. The second-order valence-electron chi connectivity index (χ2n) is 20.5. The summed E-state index contributed by atoms with van der Waals surface area (Å²) >= 11 is 0.452. The van der Waals surface area contributed by atoms with Gasteiger partial charge in [-0.1, -0.05) is 0 Å². The highest BCUT2D eigenvalue weighted by Gasteiger charge is 2.21. The summed E-state index contributed by atoms with van der Waals surface area (Å²) in [4.78, 5) is 13.9. The minimum absolute atomic E-state index is 0.0171. The Morgan fingerprint density at radius 2 is 0.688 bits per heavy atom. The zero-order valence-corrected chi connectivity index (χ0v) is 57.0. The van der Waals surface area contributed by atoms with Crippen molar-refractivity contribution in [3.63, 3.8) is 0 Å². The van der Waals surface area contributed by atoms with Crippen molar-refractivity contribution < 1.29 is 103 Å². The quantitative estimate of drug-likeness (QED) is 0.00784. The number of carbonyl (C=O) groups is 1. The third kappa shape index (κ3) is 25.3. The van der Waals surface area contributed by atoms with E-state index < -0.39 is 84.5 Å². The molecule has 2 amide bonds. The second-order valence-corrected chi connectivity index (χ2v) is 28.9. The molecular formula is C57H68N10O23S6. The van der Waals surface area contributed by atoms with Crippen molar-refractivity contribution in [2.24, 2.45) is 40.9 Å². The van der Waals surface area contributed by atoms with E-state index in [1.807, 2.05) is 0 Å². The molecule has 0 aromatic heterocycles. The van der Waals surface area contributed by atoms with Crippen LogP contribution >= 0.6 is 12.0 Å². The van der Waals surface area contributed by atoms with Gasteiger partial charge in [0.1, 0.15) is 57.2 Å². The molecule has 0 aliphatic heterocycles. The summed E-state index contributed by atoms with van der Waals surface area (Å²) in [7, 11) is -22.0. The zero-order valence-electron chi connectivity index (χ0n) is 52.1. The Labute approximate surface area is 557 Å². The molecule has 0 saturated carbocycles. The predicted octanol–water partition coefficient (Wildman–Crippen LogP) is 13.5. The number of nitrogens with one attached hydrogen (secondary N) is 2. The average Bonchev–Trinajstić information content (AvgIpc) is 0.867. The Balaban J connectivity index is 1.28. The van der Waals surface area contributed by atoms with Gasteiger partial charge in [-0.15, -0.1) is 20.5 Å². The summed E-state index contributed by atoms with van der Waals surface area (Å²) in [5.74, 6) is -2.15. The second kappa shape index (κ2) is 34.5. The van der Waals surface area contributed by atoms with Crippen molar-refractivity contribution in [3.8, 4) is 34.5 Å². The summed E-state index contributed by atoms with van der Waals surface area (Å²) in [6.45, 7) is 9.50. The van der Waals surface area contributed by atoms with E-state index >= 15 is 0 Å². The number of hydrogen-bond donors (Lipinski definition) is 8. The molecule has 0 bridgehead atoms. The van der Waals surface area contributed by atoms with Crippen LogP contribution in [0.25, 0.3) is 0 Å². The van der Waals surface area contributed by atoms with Crippen molar-refractivity contribution in [3.05, 3.63) is 107 Å². The molecule has 0 aliphatic rings. The summed E-state index contributed by atoms with van der Waals surface area (Å²) < 4.78 is 207. The van der Waals surface area contributed by atoms with E-state index in [9.17, 15) is 65.1 Å². The Morgan fingerprint density at radius 1 is 0.385 bits per heavy atom. The van der Waals surface area contributed by atoms with Crippen LogP contribution in [0.1, 0.15) is 61.8 Å². The van der Waals surface area contributed by atoms with Crippen LogP contribution in [0.4, 0.5) is 61.7 Å². The lowest BCUT2D eigenvalue weighted by Crippen LogP contribution is -2.21. The molecule has 0 aliphatic carbocycles. The lowest BCUT2D eigenvalue weighted by Gasteiger charge is -2.17. The molecule has 0 fully saturated rings. The number of nitrogens with zero attached hydrogens (tertiary/aromatic N) is 8. The Kier molecular flexibility index (Phi) is 27.6. The van der Waals surface area contributed by atoms with Crippen LogP contribution in [-0.4, -0.2) is 138 Å². The smallest absolute Gasteiger partial charge is 0.323 e. The Hall–Kier alpha value is -8.35. The van der Waals surface area contributed by atoms with E-state index in [4.69, 9.17) is 37.5 Å². The van der Waals surface area contributed by atoms with Crippen molar-refractivity contribution in [2.45, 2.75) is 77.0 Å². The number of benzene rings is 6. The monoisotopic (exact) mass is 1450 g/mol. The normalized spacial score (nSPS) is 12.5. The van der Waals surface area contributed by atoms with E-state index in [-0.39, 0.29) is 151 Å². The lowest BCUT2D eigenvalue weighted by molar-refractivity contribution is 0.261. The highest BCUT2D eigenvalue weighted by molar-refractivity contribution is 7.93. The summed E-state index contributed by atoms with van der Waals surface area (Å²) in [5, 5.41) is 40.4. The molecule has 0 heterocycles. The van der Waals surface area contributed by atoms with Gasteiger partial charge in [0.15, 0.2) is 0 Å². The number of anilines is 2. The third-order valence-corrected chi connectivity index (χ3v) is 17.3. The first kappa shape index (κ1) is 76.7. The fourth-order valence-corrected chi connectivity index (χ4v) is 11.0. The first-order chi connectivity index (χ1) is 45.1. The average molecular weight is 1450 g/mol. The predicted molar refractivity (Wildman–Crippen MR) is 354 cm³/mol. The molecule has 6 aromatic carbocycles. The molecule has 0 atom stereocenters. The van der Waals surface area contributed by atoms with Gasteiger partial charge in [0.2, 0.25) is 0 Å². The van der Waals surface area contributed by atoms with E-state index in [1.165, 1.54) is 48.5 Å². The lowest BCUT2D eigenvalue weighted by atomic mass is 10.1. The first-order valence-corrected chi connectivity index (χ1v) is 37.2. The topological polar surface area (TPSA) is 487 Å². The third-order valence-electron chi connectivity index (χ3n) is 12.8. The molecule has 39 heteroatoms. The van der Waals surface area contributed by atoms with E-state index in [0.29, 0.717) is 44.9 Å². The minimum atomic E-state index is -4.70. The number of urea groups is 1. The SMILES string of the molecule is CCOc1cc(N=Nc2ccc(SO)cc2OCCCS(=O)(=O)O)c(C)cc1N=Nc1cc(OCCCS(=O)(=O)O)c(NC(=O)Nc2cc(C)c(N=Nc3cc(C)c(/N=N/c4ccc(S(=O)(=O)O)cc4OCCCS(=O)(=O)O)cc3OCC)cc2OCCCS(=O)(=O)O)cc1C. The maximum absolute atomic E-state index is 14.1. The molecule has 6 rings (SSSR count). The van der Waals surface area contributed by atoms with Crippen molar-refractivity contribution >= 4 is 126 Å². The van der Waals surface area contributed by atoms with Crippen LogP contribution in [0.2, 0.25) is 0 Å². The van der Waals surface area contributed by atoms with Gasteiger partial charge in [-0.2, -0.15) is 62.5 Å². The molecule has 0 spiro atoms. The largest absolute Gasteiger partial charge is 0.491 e. The summed E-state index contributed by atoms with van der Waals surface area (Å²) in [5.41, 5.74) is 3.67. The van der Waals surface area contributed by atoms with Gasteiger partial charge >= 0.3 is 6.03 Å². The minimum Gasteiger partial charge on any atom is -0.491 e. The van der Waals surface area contributed by atoms with E-state index in [2.05, 4.69) is 51.5 Å². The first-order valence-electron chi connectivity index (χ1n) is 28.6. The Morgan fingerprint density at radius 3 is 1.03 bits per heavy atom. The van der Waals surface area contributed by atoms with Gasteiger partial charge in [0.25, 0.3) is 50.6 Å². The maximum Gasteiger partial charge on any atom is 0.323 e. The van der Waals surface area contributed by atoms with Crippen LogP contribution in [0.5, 0.6) is 34.5 Å². The number of aryl methyl sites for hydroxylation is 4. The molecule has 0 unspecified atom stereocenters.